The molecule has 0 aliphatic carbocycles. The number of carbonyl (C=O) groups excluding carboxylic acids is 1. The van der Waals surface area contributed by atoms with Crippen molar-refractivity contribution < 1.29 is 18.3 Å². The van der Waals surface area contributed by atoms with E-state index in [9.17, 15) is 13.6 Å². The van der Waals surface area contributed by atoms with E-state index in [1.54, 1.807) is 0 Å². The third-order valence-corrected chi connectivity index (χ3v) is 1.52. The minimum absolute atomic E-state index is 0.0318. The van der Waals surface area contributed by atoms with Crippen LogP contribution in [0, 0.1) is 11.6 Å². The fourth-order valence-electron chi connectivity index (χ4n) is 0.857. The van der Waals surface area contributed by atoms with Gasteiger partial charge in [-0.05, 0) is 12.1 Å². The second-order valence-corrected chi connectivity index (χ2v) is 2.62. The normalized spacial score (nSPS) is 9.86. The van der Waals surface area contributed by atoms with Gasteiger partial charge < -0.3 is 10.5 Å². The number of amides is 1. The quantitative estimate of drug-likeness (QED) is 0.796. The van der Waals surface area contributed by atoms with Crippen molar-refractivity contribution in [2.75, 3.05) is 6.61 Å². The molecule has 0 aliphatic heterocycles. The second kappa shape index (κ2) is 4.55. The lowest BCUT2D eigenvalue weighted by atomic mass is 10.3. The van der Waals surface area contributed by atoms with Crippen molar-refractivity contribution in [3.63, 3.8) is 0 Å². The first kappa shape index (κ1) is 10.4. The second-order valence-electron chi connectivity index (χ2n) is 2.62. The van der Waals surface area contributed by atoms with Crippen molar-refractivity contribution in [3.05, 3.63) is 29.8 Å². The number of halogens is 2. The Morgan fingerprint density at radius 1 is 1.43 bits per heavy atom. The van der Waals surface area contributed by atoms with Crippen LogP contribution in [-0.4, -0.2) is 12.5 Å². The summed E-state index contributed by atoms with van der Waals surface area (Å²) in [6.07, 6.45) is -0.0318. The Hall–Kier alpha value is -1.65. The Bertz CT molecular complexity index is 342. The third kappa shape index (κ3) is 2.69. The zero-order valence-corrected chi connectivity index (χ0v) is 7.30. The summed E-state index contributed by atoms with van der Waals surface area (Å²) in [5.41, 5.74) is 4.84. The van der Waals surface area contributed by atoms with Crippen molar-refractivity contribution in [3.8, 4) is 5.75 Å². The van der Waals surface area contributed by atoms with Crippen molar-refractivity contribution in [2.45, 2.75) is 6.42 Å². The minimum Gasteiger partial charge on any atom is -0.490 e. The maximum Gasteiger partial charge on any atom is 0.220 e. The standard InChI is InChI=1S/C9H9F2NO2/c10-6-2-1-3-7(9(6)11)14-5-4-8(12)13/h1-3H,4-5H2,(H2,12,13). The summed E-state index contributed by atoms with van der Waals surface area (Å²) in [5, 5.41) is 0. The average molecular weight is 201 g/mol. The highest BCUT2D eigenvalue weighted by Crippen LogP contribution is 2.18. The van der Waals surface area contributed by atoms with E-state index in [0.29, 0.717) is 0 Å². The van der Waals surface area contributed by atoms with Crippen molar-refractivity contribution in [1.29, 1.82) is 0 Å². The van der Waals surface area contributed by atoms with Crippen LogP contribution in [0.25, 0.3) is 0 Å². The summed E-state index contributed by atoms with van der Waals surface area (Å²) in [6, 6.07) is 3.58. The molecule has 0 bridgehead atoms. The SMILES string of the molecule is NC(=O)CCOc1cccc(F)c1F. The molecule has 0 spiro atoms. The van der Waals surface area contributed by atoms with Crippen molar-refractivity contribution in [2.24, 2.45) is 5.73 Å². The van der Waals surface area contributed by atoms with Crippen molar-refractivity contribution in [1.82, 2.24) is 0 Å². The molecule has 0 atom stereocenters. The topological polar surface area (TPSA) is 52.3 Å². The number of rotatable bonds is 4. The molecule has 14 heavy (non-hydrogen) atoms. The van der Waals surface area contributed by atoms with Crippen LogP contribution in [0.4, 0.5) is 8.78 Å². The van der Waals surface area contributed by atoms with Gasteiger partial charge in [0.25, 0.3) is 0 Å². The molecule has 0 unspecified atom stereocenters. The fourth-order valence-corrected chi connectivity index (χ4v) is 0.857. The molecule has 0 aromatic heterocycles. The van der Waals surface area contributed by atoms with E-state index in [-0.39, 0.29) is 18.8 Å². The zero-order chi connectivity index (χ0) is 10.6. The number of primary amides is 1. The zero-order valence-electron chi connectivity index (χ0n) is 7.30. The Labute approximate surface area is 79.5 Å². The molecule has 0 aliphatic rings. The molecule has 1 amide bonds. The summed E-state index contributed by atoms with van der Waals surface area (Å²) < 4.78 is 30.3. The summed E-state index contributed by atoms with van der Waals surface area (Å²) in [6.45, 7) is -0.0598. The lowest BCUT2D eigenvalue weighted by Crippen LogP contribution is -2.14. The van der Waals surface area contributed by atoms with Gasteiger partial charge in [-0.3, -0.25) is 4.79 Å². The smallest absolute Gasteiger partial charge is 0.220 e. The third-order valence-electron chi connectivity index (χ3n) is 1.52. The molecular formula is C9H9F2NO2. The maximum atomic E-state index is 12.9. The molecule has 1 aromatic rings. The van der Waals surface area contributed by atoms with Crippen LogP contribution in [0.15, 0.2) is 18.2 Å². The lowest BCUT2D eigenvalue weighted by molar-refractivity contribution is -0.118. The summed E-state index contributed by atoms with van der Waals surface area (Å²) >= 11 is 0. The molecule has 0 saturated heterocycles. The van der Waals surface area contributed by atoms with Gasteiger partial charge in [-0.1, -0.05) is 6.07 Å². The van der Waals surface area contributed by atoms with Crippen molar-refractivity contribution >= 4 is 5.91 Å². The first-order valence-corrected chi connectivity index (χ1v) is 3.96. The highest BCUT2D eigenvalue weighted by molar-refractivity contribution is 5.73. The predicted octanol–water partition coefficient (Wildman–Crippen LogP) is 1.22. The Morgan fingerprint density at radius 2 is 2.14 bits per heavy atom. The van der Waals surface area contributed by atoms with Crippen LogP contribution in [0.5, 0.6) is 5.75 Å². The largest absolute Gasteiger partial charge is 0.490 e. The molecule has 76 valence electrons. The first-order chi connectivity index (χ1) is 6.61. The van der Waals surface area contributed by atoms with Gasteiger partial charge in [-0.25, -0.2) is 4.39 Å². The van der Waals surface area contributed by atoms with Gasteiger partial charge >= 0.3 is 0 Å². The van der Waals surface area contributed by atoms with Gasteiger partial charge in [0.05, 0.1) is 13.0 Å². The summed E-state index contributed by atoms with van der Waals surface area (Å²) in [4.78, 5) is 10.3. The first-order valence-electron chi connectivity index (χ1n) is 3.96. The van der Waals surface area contributed by atoms with E-state index in [4.69, 9.17) is 10.5 Å². The van der Waals surface area contributed by atoms with Crippen LogP contribution in [0.1, 0.15) is 6.42 Å². The maximum absolute atomic E-state index is 12.9. The fraction of sp³-hybridized carbons (Fsp3) is 0.222. The monoisotopic (exact) mass is 201 g/mol. The van der Waals surface area contributed by atoms with E-state index in [0.717, 1.165) is 6.07 Å². The van der Waals surface area contributed by atoms with Gasteiger partial charge in [0.15, 0.2) is 11.6 Å². The van der Waals surface area contributed by atoms with Gasteiger partial charge in [-0.2, -0.15) is 4.39 Å². The van der Waals surface area contributed by atoms with Crippen LogP contribution in [-0.2, 0) is 4.79 Å². The molecule has 3 nitrogen and oxygen atoms in total. The van der Waals surface area contributed by atoms with Crippen LogP contribution in [0.2, 0.25) is 0 Å². The van der Waals surface area contributed by atoms with E-state index < -0.39 is 17.5 Å². The number of ether oxygens (including phenoxy) is 1. The van der Waals surface area contributed by atoms with E-state index in [2.05, 4.69) is 0 Å². The lowest BCUT2D eigenvalue weighted by Gasteiger charge is -2.05. The number of carbonyl (C=O) groups is 1. The number of benzene rings is 1. The average Bonchev–Trinajstić information content (AvgIpc) is 2.12. The molecule has 2 N–H and O–H groups in total. The molecule has 0 radical (unpaired) electrons. The molecule has 1 rings (SSSR count). The van der Waals surface area contributed by atoms with E-state index >= 15 is 0 Å². The minimum atomic E-state index is -1.06. The molecular weight excluding hydrogens is 192 g/mol. The van der Waals surface area contributed by atoms with E-state index in [1.807, 2.05) is 0 Å². The Kier molecular flexibility index (Phi) is 3.39. The number of hydrogen-bond donors (Lipinski definition) is 1. The molecule has 0 saturated carbocycles. The van der Waals surface area contributed by atoms with Crippen LogP contribution >= 0.6 is 0 Å². The number of hydrogen-bond acceptors (Lipinski definition) is 2. The highest BCUT2D eigenvalue weighted by Gasteiger charge is 2.08. The molecule has 0 fully saturated rings. The van der Waals surface area contributed by atoms with Crippen LogP contribution in [0.3, 0.4) is 0 Å². The highest BCUT2D eigenvalue weighted by atomic mass is 19.2. The Balaban J connectivity index is 2.59. The number of nitrogens with two attached hydrogens (primary N) is 1. The molecule has 5 heteroatoms. The van der Waals surface area contributed by atoms with Gasteiger partial charge in [0.2, 0.25) is 11.7 Å². The molecule has 1 aromatic carbocycles. The summed E-state index contributed by atoms with van der Waals surface area (Å²) in [5.74, 6) is -2.81. The van der Waals surface area contributed by atoms with Gasteiger partial charge in [0.1, 0.15) is 0 Å². The van der Waals surface area contributed by atoms with Crippen LogP contribution < -0.4 is 10.5 Å². The molecule has 0 heterocycles. The summed E-state index contributed by atoms with van der Waals surface area (Å²) in [7, 11) is 0. The van der Waals surface area contributed by atoms with Gasteiger partial charge in [-0.15, -0.1) is 0 Å². The Morgan fingerprint density at radius 3 is 2.79 bits per heavy atom. The van der Waals surface area contributed by atoms with Gasteiger partial charge in [0, 0.05) is 0 Å². The van der Waals surface area contributed by atoms with E-state index in [1.165, 1.54) is 12.1 Å². The predicted molar refractivity (Wildman–Crippen MR) is 45.7 cm³/mol.